The average molecular weight is 292 g/mol. The van der Waals surface area contributed by atoms with Crippen LogP contribution in [0.25, 0.3) is 0 Å². The second kappa shape index (κ2) is 4.94. The topological polar surface area (TPSA) is 33.2 Å². The van der Waals surface area contributed by atoms with Gasteiger partial charge in [-0.1, -0.05) is 24.3 Å². The maximum atomic E-state index is 12.9. The standard InChI is InChI=1S/C19H20N2O/c1-21(15-8-5-11-20-13-15)18(22)17-12-19(17)10-4-7-14-6-2-3-9-16(14)19/h2-3,5-6,8-9,11,13,17H,4,7,10,12H2,1H3/t17-,19-/m0/s1. The van der Waals surface area contributed by atoms with Crippen LogP contribution in [0.3, 0.4) is 0 Å². The van der Waals surface area contributed by atoms with Gasteiger partial charge in [0.05, 0.1) is 11.9 Å². The van der Waals surface area contributed by atoms with E-state index in [1.807, 2.05) is 19.2 Å². The number of anilines is 1. The number of nitrogens with zero attached hydrogens (tertiary/aromatic N) is 2. The molecule has 3 heteroatoms. The van der Waals surface area contributed by atoms with Crippen LogP contribution in [-0.4, -0.2) is 17.9 Å². The molecular formula is C19H20N2O. The second-order valence-electron chi connectivity index (χ2n) is 6.53. The Morgan fingerprint density at radius 3 is 2.95 bits per heavy atom. The molecule has 2 atom stereocenters. The minimum atomic E-state index is 0.0996. The SMILES string of the molecule is CN(C(=O)[C@@H]1C[C@]12CCCc1ccccc12)c1cccnc1. The number of fused-ring (bicyclic) bond motifs is 2. The molecule has 112 valence electrons. The van der Waals surface area contributed by atoms with E-state index in [2.05, 4.69) is 29.2 Å². The molecule has 0 unspecified atom stereocenters. The average Bonchev–Trinajstić information content (AvgIpc) is 3.29. The molecule has 0 bridgehead atoms. The Balaban J connectivity index is 1.61. The molecule has 1 heterocycles. The van der Waals surface area contributed by atoms with Gasteiger partial charge in [-0.05, 0) is 48.9 Å². The number of hydrogen-bond acceptors (Lipinski definition) is 2. The molecule has 3 nitrogen and oxygen atoms in total. The third kappa shape index (κ3) is 1.96. The fourth-order valence-corrected chi connectivity index (χ4v) is 4.07. The number of carbonyl (C=O) groups excluding carboxylic acids is 1. The minimum absolute atomic E-state index is 0.0996. The van der Waals surface area contributed by atoms with Crippen molar-refractivity contribution in [3.63, 3.8) is 0 Å². The van der Waals surface area contributed by atoms with Crippen LogP contribution >= 0.6 is 0 Å². The number of carbonyl (C=O) groups is 1. The van der Waals surface area contributed by atoms with E-state index in [4.69, 9.17) is 0 Å². The van der Waals surface area contributed by atoms with Gasteiger partial charge in [0.1, 0.15) is 0 Å². The van der Waals surface area contributed by atoms with E-state index in [0.717, 1.165) is 24.9 Å². The molecule has 0 N–H and O–H groups in total. The van der Waals surface area contributed by atoms with E-state index in [1.54, 1.807) is 17.3 Å². The first-order valence-corrected chi connectivity index (χ1v) is 7.98. The Bertz CT molecular complexity index is 712. The van der Waals surface area contributed by atoms with Crippen LogP contribution in [0.15, 0.2) is 48.8 Å². The van der Waals surface area contributed by atoms with Crippen LogP contribution in [0.5, 0.6) is 0 Å². The lowest BCUT2D eigenvalue weighted by atomic mass is 9.78. The van der Waals surface area contributed by atoms with Gasteiger partial charge in [0.25, 0.3) is 0 Å². The van der Waals surface area contributed by atoms with Crippen molar-refractivity contribution in [2.75, 3.05) is 11.9 Å². The quantitative estimate of drug-likeness (QED) is 0.850. The summed E-state index contributed by atoms with van der Waals surface area (Å²) in [6, 6.07) is 12.5. The predicted molar refractivity (Wildman–Crippen MR) is 86.8 cm³/mol. The van der Waals surface area contributed by atoms with Crippen LogP contribution in [0.2, 0.25) is 0 Å². The van der Waals surface area contributed by atoms with Gasteiger partial charge in [0.15, 0.2) is 0 Å². The summed E-state index contributed by atoms with van der Waals surface area (Å²) in [5, 5.41) is 0. The van der Waals surface area contributed by atoms with Gasteiger partial charge in [-0.15, -0.1) is 0 Å². The molecule has 1 aromatic heterocycles. The highest BCUT2D eigenvalue weighted by atomic mass is 16.2. The van der Waals surface area contributed by atoms with Crippen molar-refractivity contribution in [1.82, 2.24) is 4.98 Å². The summed E-state index contributed by atoms with van der Waals surface area (Å²) in [4.78, 5) is 18.8. The van der Waals surface area contributed by atoms with Crippen LogP contribution in [0.1, 0.15) is 30.4 Å². The number of benzene rings is 1. The Morgan fingerprint density at radius 1 is 1.27 bits per heavy atom. The van der Waals surface area contributed by atoms with E-state index in [1.165, 1.54) is 17.5 Å². The minimum Gasteiger partial charge on any atom is -0.314 e. The first kappa shape index (κ1) is 13.5. The van der Waals surface area contributed by atoms with E-state index < -0.39 is 0 Å². The van der Waals surface area contributed by atoms with Crippen molar-refractivity contribution in [2.45, 2.75) is 31.1 Å². The van der Waals surface area contributed by atoms with Crippen molar-refractivity contribution >= 4 is 11.6 Å². The van der Waals surface area contributed by atoms with Crippen molar-refractivity contribution in [1.29, 1.82) is 0 Å². The zero-order chi connectivity index (χ0) is 15.2. The highest BCUT2D eigenvalue weighted by molar-refractivity contribution is 5.97. The molecule has 22 heavy (non-hydrogen) atoms. The van der Waals surface area contributed by atoms with E-state index in [-0.39, 0.29) is 17.2 Å². The third-order valence-corrected chi connectivity index (χ3v) is 5.36. The van der Waals surface area contributed by atoms with Gasteiger partial charge in [-0.3, -0.25) is 9.78 Å². The molecule has 1 amide bonds. The number of hydrogen-bond donors (Lipinski definition) is 0. The molecular weight excluding hydrogens is 272 g/mol. The Kier molecular flexibility index (Phi) is 3.03. The Labute approximate surface area is 131 Å². The lowest BCUT2D eigenvalue weighted by Gasteiger charge is -2.27. The molecule has 0 radical (unpaired) electrons. The normalized spacial score (nSPS) is 25.6. The molecule has 2 aromatic rings. The fourth-order valence-electron chi connectivity index (χ4n) is 4.07. The van der Waals surface area contributed by atoms with Gasteiger partial charge in [-0.2, -0.15) is 0 Å². The molecule has 2 aliphatic rings. The smallest absolute Gasteiger partial charge is 0.230 e. The molecule has 0 saturated heterocycles. The van der Waals surface area contributed by atoms with Crippen molar-refractivity contribution < 1.29 is 4.79 Å². The van der Waals surface area contributed by atoms with E-state index >= 15 is 0 Å². The Morgan fingerprint density at radius 2 is 2.14 bits per heavy atom. The van der Waals surface area contributed by atoms with Crippen LogP contribution < -0.4 is 4.90 Å². The zero-order valence-electron chi connectivity index (χ0n) is 12.8. The lowest BCUT2D eigenvalue weighted by molar-refractivity contribution is -0.120. The van der Waals surface area contributed by atoms with Crippen LogP contribution in [0, 0.1) is 5.92 Å². The summed E-state index contributed by atoms with van der Waals surface area (Å²) in [7, 11) is 1.86. The van der Waals surface area contributed by atoms with E-state index in [0.29, 0.717) is 0 Å². The Hall–Kier alpha value is -2.16. The monoisotopic (exact) mass is 292 g/mol. The molecule has 1 saturated carbocycles. The summed E-state index contributed by atoms with van der Waals surface area (Å²) >= 11 is 0. The van der Waals surface area contributed by atoms with Gasteiger partial charge >= 0.3 is 0 Å². The third-order valence-electron chi connectivity index (χ3n) is 5.36. The molecule has 1 spiro atoms. The number of amides is 1. The molecule has 4 rings (SSSR count). The summed E-state index contributed by atoms with van der Waals surface area (Å²) in [5.74, 6) is 0.351. The number of aromatic nitrogens is 1. The van der Waals surface area contributed by atoms with Gasteiger partial charge in [0.2, 0.25) is 5.91 Å². The number of aryl methyl sites for hydroxylation is 1. The number of rotatable bonds is 2. The summed E-state index contributed by atoms with van der Waals surface area (Å²) in [6.45, 7) is 0. The van der Waals surface area contributed by atoms with Gasteiger partial charge in [-0.25, -0.2) is 0 Å². The highest BCUT2D eigenvalue weighted by Crippen LogP contribution is 2.60. The molecule has 2 aliphatic carbocycles. The van der Waals surface area contributed by atoms with Crippen LogP contribution in [0.4, 0.5) is 5.69 Å². The first-order chi connectivity index (χ1) is 10.7. The summed E-state index contributed by atoms with van der Waals surface area (Å²) < 4.78 is 0. The van der Waals surface area contributed by atoms with Gasteiger partial charge in [0, 0.05) is 24.6 Å². The van der Waals surface area contributed by atoms with E-state index in [9.17, 15) is 4.79 Å². The van der Waals surface area contributed by atoms with Crippen molar-refractivity contribution in [3.05, 3.63) is 59.9 Å². The fraction of sp³-hybridized carbons (Fsp3) is 0.368. The number of pyridine rings is 1. The second-order valence-corrected chi connectivity index (χ2v) is 6.53. The summed E-state index contributed by atoms with van der Waals surface area (Å²) in [5.41, 5.74) is 3.83. The van der Waals surface area contributed by atoms with Crippen molar-refractivity contribution in [2.24, 2.45) is 5.92 Å². The largest absolute Gasteiger partial charge is 0.314 e. The van der Waals surface area contributed by atoms with Crippen molar-refractivity contribution in [3.8, 4) is 0 Å². The van der Waals surface area contributed by atoms with Crippen LogP contribution in [-0.2, 0) is 16.6 Å². The summed E-state index contributed by atoms with van der Waals surface area (Å²) in [6.07, 6.45) is 7.96. The highest BCUT2D eigenvalue weighted by Gasteiger charge is 2.60. The first-order valence-electron chi connectivity index (χ1n) is 7.98. The molecule has 1 aromatic carbocycles. The zero-order valence-corrected chi connectivity index (χ0v) is 12.8. The predicted octanol–water partition coefficient (Wildman–Crippen LogP) is 3.34. The van der Waals surface area contributed by atoms with Gasteiger partial charge < -0.3 is 4.90 Å². The molecule has 0 aliphatic heterocycles. The lowest BCUT2D eigenvalue weighted by Crippen LogP contribution is -2.32. The molecule has 1 fully saturated rings. The maximum absolute atomic E-state index is 12.9. The maximum Gasteiger partial charge on any atom is 0.230 e.